The number of aliphatic hydroxyl groups excluding tert-OH is 1. The van der Waals surface area contributed by atoms with Gasteiger partial charge in [0.1, 0.15) is 0 Å². The number of carbonyl (C=O) groups excluding carboxylic acids is 1. The van der Waals surface area contributed by atoms with Crippen LogP contribution in [0.2, 0.25) is 0 Å². The van der Waals surface area contributed by atoms with Crippen molar-refractivity contribution in [2.75, 3.05) is 19.7 Å². The summed E-state index contributed by atoms with van der Waals surface area (Å²) in [6.07, 6.45) is 1.81. The predicted octanol–water partition coefficient (Wildman–Crippen LogP) is -0.920. The van der Waals surface area contributed by atoms with E-state index in [4.69, 9.17) is 10.8 Å². The molecule has 0 aliphatic carbocycles. The fraction of sp³-hybridized carbons (Fsp3) is 0.875. The number of rotatable bonds is 4. The zero-order valence-electron chi connectivity index (χ0n) is 7.12. The third-order valence-corrected chi connectivity index (χ3v) is 2.40. The number of hydrogen-bond acceptors (Lipinski definition) is 3. The minimum Gasteiger partial charge on any atom is -0.396 e. The van der Waals surface area contributed by atoms with Crippen LogP contribution < -0.4 is 11.1 Å². The number of carbonyl (C=O) groups is 1. The molecule has 1 amide bonds. The highest BCUT2D eigenvalue weighted by Gasteiger charge is 2.22. The number of hydrogen-bond donors (Lipinski definition) is 3. The van der Waals surface area contributed by atoms with Crippen molar-refractivity contribution in [3.8, 4) is 0 Å². The zero-order valence-corrected chi connectivity index (χ0v) is 7.12. The molecule has 0 saturated carbocycles. The van der Waals surface area contributed by atoms with E-state index >= 15 is 0 Å². The van der Waals surface area contributed by atoms with Crippen LogP contribution in [0.5, 0.6) is 0 Å². The zero-order chi connectivity index (χ0) is 8.97. The SMILES string of the molecule is NC(=O)C(CO)CC1CCNC1. The number of nitrogens with two attached hydrogens (primary N) is 1. The van der Waals surface area contributed by atoms with Gasteiger partial charge in [-0.05, 0) is 31.8 Å². The molecular weight excluding hydrogens is 156 g/mol. The molecule has 1 heterocycles. The first-order valence-electron chi connectivity index (χ1n) is 4.35. The van der Waals surface area contributed by atoms with Crippen molar-refractivity contribution in [3.05, 3.63) is 0 Å². The van der Waals surface area contributed by atoms with Gasteiger partial charge in [-0.15, -0.1) is 0 Å². The first-order valence-corrected chi connectivity index (χ1v) is 4.35. The molecule has 0 spiro atoms. The van der Waals surface area contributed by atoms with Crippen LogP contribution in [0.3, 0.4) is 0 Å². The summed E-state index contributed by atoms with van der Waals surface area (Å²) in [4.78, 5) is 10.8. The van der Waals surface area contributed by atoms with Crippen LogP contribution in [-0.2, 0) is 4.79 Å². The molecule has 1 aliphatic rings. The predicted molar refractivity (Wildman–Crippen MR) is 45.4 cm³/mol. The Morgan fingerprint density at radius 1 is 1.75 bits per heavy atom. The average molecular weight is 172 g/mol. The number of nitrogens with one attached hydrogen (secondary N) is 1. The Hall–Kier alpha value is -0.610. The molecule has 70 valence electrons. The molecule has 1 fully saturated rings. The molecule has 2 atom stereocenters. The van der Waals surface area contributed by atoms with Crippen molar-refractivity contribution in [2.45, 2.75) is 12.8 Å². The van der Waals surface area contributed by atoms with Gasteiger partial charge in [0.15, 0.2) is 0 Å². The maximum atomic E-state index is 10.8. The van der Waals surface area contributed by atoms with E-state index in [9.17, 15) is 4.79 Å². The van der Waals surface area contributed by atoms with Crippen molar-refractivity contribution in [1.82, 2.24) is 5.32 Å². The normalized spacial score (nSPS) is 25.6. The highest BCUT2D eigenvalue weighted by Crippen LogP contribution is 2.17. The van der Waals surface area contributed by atoms with Gasteiger partial charge < -0.3 is 16.2 Å². The number of aliphatic hydroxyl groups is 1. The molecular formula is C8H16N2O2. The third-order valence-electron chi connectivity index (χ3n) is 2.40. The second kappa shape index (κ2) is 4.42. The van der Waals surface area contributed by atoms with Gasteiger partial charge in [-0.1, -0.05) is 0 Å². The lowest BCUT2D eigenvalue weighted by Gasteiger charge is -2.13. The van der Waals surface area contributed by atoms with Gasteiger partial charge in [-0.3, -0.25) is 4.79 Å². The first-order chi connectivity index (χ1) is 5.74. The fourth-order valence-electron chi connectivity index (χ4n) is 1.60. The summed E-state index contributed by atoms with van der Waals surface area (Å²) in [6.45, 7) is 1.84. The van der Waals surface area contributed by atoms with E-state index in [1.54, 1.807) is 0 Å². The lowest BCUT2D eigenvalue weighted by molar-refractivity contribution is -0.123. The minimum absolute atomic E-state index is 0.119. The highest BCUT2D eigenvalue weighted by atomic mass is 16.3. The fourth-order valence-corrected chi connectivity index (χ4v) is 1.60. The lowest BCUT2D eigenvalue weighted by Crippen LogP contribution is -2.28. The van der Waals surface area contributed by atoms with Gasteiger partial charge >= 0.3 is 0 Å². The van der Waals surface area contributed by atoms with E-state index in [1.807, 2.05) is 0 Å². The van der Waals surface area contributed by atoms with Crippen LogP contribution in [-0.4, -0.2) is 30.7 Å². The minimum atomic E-state index is -0.385. The molecule has 1 saturated heterocycles. The van der Waals surface area contributed by atoms with Crippen LogP contribution in [0.1, 0.15) is 12.8 Å². The largest absolute Gasteiger partial charge is 0.396 e. The maximum absolute atomic E-state index is 10.8. The molecule has 12 heavy (non-hydrogen) atoms. The van der Waals surface area contributed by atoms with Crippen LogP contribution >= 0.6 is 0 Å². The molecule has 0 bridgehead atoms. The summed E-state index contributed by atoms with van der Waals surface area (Å²) in [7, 11) is 0. The Morgan fingerprint density at radius 3 is 2.92 bits per heavy atom. The maximum Gasteiger partial charge on any atom is 0.222 e. The molecule has 4 heteroatoms. The van der Waals surface area contributed by atoms with E-state index in [0.717, 1.165) is 25.9 Å². The molecule has 0 aromatic carbocycles. The smallest absolute Gasteiger partial charge is 0.222 e. The standard InChI is InChI=1S/C8H16N2O2/c9-8(12)7(5-11)3-6-1-2-10-4-6/h6-7,10-11H,1-5H2,(H2,9,12). The summed E-state index contributed by atoms with van der Waals surface area (Å²) in [5.74, 6) is -0.228. The topological polar surface area (TPSA) is 75.4 Å². The summed E-state index contributed by atoms with van der Waals surface area (Å²) in [6, 6.07) is 0. The van der Waals surface area contributed by atoms with Crippen LogP contribution in [0.4, 0.5) is 0 Å². The van der Waals surface area contributed by atoms with Crippen molar-refractivity contribution in [2.24, 2.45) is 17.6 Å². The van der Waals surface area contributed by atoms with Crippen molar-refractivity contribution < 1.29 is 9.90 Å². The average Bonchev–Trinajstić information content (AvgIpc) is 2.51. The second-order valence-electron chi connectivity index (χ2n) is 3.38. The molecule has 2 unspecified atom stereocenters. The van der Waals surface area contributed by atoms with Gasteiger partial charge in [0, 0.05) is 0 Å². The summed E-state index contributed by atoms with van der Waals surface area (Å²) in [5, 5.41) is 12.0. The van der Waals surface area contributed by atoms with Crippen LogP contribution in [0.25, 0.3) is 0 Å². The Labute approximate surface area is 72.1 Å². The summed E-state index contributed by atoms with van der Waals surface area (Å²) >= 11 is 0. The van der Waals surface area contributed by atoms with Crippen LogP contribution in [0, 0.1) is 11.8 Å². The van der Waals surface area contributed by atoms with Crippen molar-refractivity contribution in [3.63, 3.8) is 0 Å². The van der Waals surface area contributed by atoms with Gasteiger partial charge in [0.2, 0.25) is 5.91 Å². The van der Waals surface area contributed by atoms with Gasteiger partial charge in [0.25, 0.3) is 0 Å². The van der Waals surface area contributed by atoms with E-state index in [0.29, 0.717) is 5.92 Å². The monoisotopic (exact) mass is 172 g/mol. The first kappa shape index (κ1) is 9.48. The van der Waals surface area contributed by atoms with Gasteiger partial charge in [-0.2, -0.15) is 0 Å². The van der Waals surface area contributed by atoms with E-state index in [-0.39, 0.29) is 18.4 Å². The highest BCUT2D eigenvalue weighted by molar-refractivity contribution is 5.76. The molecule has 4 nitrogen and oxygen atoms in total. The van der Waals surface area contributed by atoms with E-state index < -0.39 is 0 Å². The van der Waals surface area contributed by atoms with Crippen LogP contribution in [0.15, 0.2) is 0 Å². The summed E-state index contributed by atoms with van der Waals surface area (Å²) < 4.78 is 0. The molecule has 0 radical (unpaired) electrons. The Kier molecular flexibility index (Phi) is 3.49. The molecule has 1 rings (SSSR count). The Balaban J connectivity index is 2.30. The Bertz CT molecular complexity index is 155. The number of primary amides is 1. The van der Waals surface area contributed by atoms with Crippen molar-refractivity contribution >= 4 is 5.91 Å². The summed E-state index contributed by atoms with van der Waals surface area (Å²) in [5.41, 5.74) is 5.11. The molecule has 0 aromatic heterocycles. The van der Waals surface area contributed by atoms with Crippen molar-refractivity contribution in [1.29, 1.82) is 0 Å². The Morgan fingerprint density at radius 2 is 2.50 bits per heavy atom. The van der Waals surface area contributed by atoms with E-state index in [1.165, 1.54) is 0 Å². The third kappa shape index (κ3) is 2.46. The second-order valence-corrected chi connectivity index (χ2v) is 3.38. The van der Waals surface area contributed by atoms with Gasteiger partial charge in [-0.25, -0.2) is 0 Å². The lowest BCUT2D eigenvalue weighted by atomic mass is 9.94. The molecule has 0 aromatic rings. The molecule has 1 aliphatic heterocycles. The quantitative estimate of drug-likeness (QED) is 0.513. The number of amides is 1. The van der Waals surface area contributed by atoms with E-state index in [2.05, 4.69) is 5.32 Å². The van der Waals surface area contributed by atoms with Gasteiger partial charge in [0.05, 0.1) is 12.5 Å². The molecule has 4 N–H and O–H groups in total.